The molecule has 23 heavy (non-hydrogen) atoms. The molecule has 0 radical (unpaired) electrons. The molecule has 0 bridgehead atoms. The van der Waals surface area contributed by atoms with E-state index in [-0.39, 0.29) is 12.4 Å². The van der Waals surface area contributed by atoms with Crippen molar-refractivity contribution in [1.29, 1.82) is 0 Å². The van der Waals surface area contributed by atoms with E-state index in [1.807, 2.05) is 0 Å². The van der Waals surface area contributed by atoms with Crippen molar-refractivity contribution in [2.75, 3.05) is 26.6 Å². The summed E-state index contributed by atoms with van der Waals surface area (Å²) in [7, 11) is -4.59. The molecule has 0 spiro atoms. The smallest absolute Gasteiger partial charge is 0.283 e. The number of hydrogen-bond donors (Lipinski definition) is 0. The Balaban J connectivity index is 3.39. The third-order valence-corrected chi connectivity index (χ3v) is 5.79. The summed E-state index contributed by atoms with van der Waals surface area (Å²) in [5.41, 5.74) is -1.18. The van der Waals surface area contributed by atoms with Crippen molar-refractivity contribution in [3.05, 3.63) is 32.6 Å². The van der Waals surface area contributed by atoms with E-state index < -0.39 is 38.0 Å². The summed E-state index contributed by atoms with van der Waals surface area (Å²) >= 11 is 0. The highest BCUT2D eigenvalue weighted by molar-refractivity contribution is 7.88. The quantitative estimate of drug-likeness (QED) is 0.574. The van der Waals surface area contributed by atoms with E-state index >= 15 is 0 Å². The molecule has 0 aliphatic carbocycles. The van der Waals surface area contributed by atoms with Crippen LogP contribution in [0.2, 0.25) is 0 Å². The van der Waals surface area contributed by atoms with Gasteiger partial charge in [-0.2, -0.15) is 8.61 Å². The van der Waals surface area contributed by atoms with Crippen LogP contribution in [0.5, 0.6) is 0 Å². The Morgan fingerprint density at radius 1 is 0.913 bits per heavy atom. The van der Waals surface area contributed by atoms with Gasteiger partial charge in [0.25, 0.3) is 5.56 Å². The molecule has 12 heteroatoms. The van der Waals surface area contributed by atoms with E-state index in [1.165, 1.54) is 21.0 Å². The van der Waals surface area contributed by atoms with Gasteiger partial charge in [0, 0.05) is 25.9 Å². The molecule has 10 nitrogen and oxygen atoms in total. The molecule has 0 N–H and O–H groups in total. The average molecular weight is 368 g/mol. The van der Waals surface area contributed by atoms with Crippen LogP contribution in [0.4, 0.5) is 0 Å². The van der Waals surface area contributed by atoms with Crippen molar-refractivity contribution in [3.8, 4) is 0 Å². The zero-order chi connectivity index (χ0) is 18.2. The first-order valence-electron chi connectivity index (χ1n) is 6.39. The fourth-order valence-electron chi connectivity index (χ4n) is 1.64. The van der Waals surface area contributed by atoms with Crippen LogP contribution >= 0.6 is 0 Å². The van der Waals surface area contributed by atoms with Gasteiger partial charge in [-0.1, -0.05) is 0 Å². The normalized spacial score (nSPS) is 13.0. The van der Waals surface area contributed by atoms with Gasteiger partial charge in [0.05, 0.1) is 25.8 Å². The highest BCUT2D eigenvalue weighted by Crippen LogP contribution is 1.99. The van der Waals surface area contributed by atoms with Gasteiger partial charge < -0.3 is 0 Å². The molecule has 0 saturated carbocycles. The fraction of sp³-hybridized carbons (Fsp3) is 0.636. The summed E-state index contributed by atoms with van der Waals surface area (Å²) in [6.45, 7) is 0.745. The minimum Gasteiger partial charge on any atom is -0.283 e. The van der Waals surface area contributed by atoms with Gasteiger partial charge in [-0.3, -0.25) is 9.36 Å². The number of nitrogens with zero attached hydrogens (tertiary/aromatic N) is 4. The first kappa shape index (κ1) is 19.5. The minimum absolute atomic E-state index is 0.272. The number of sulfonamides is 2. The van der Waals surface area contributed by atoms with Crippen LogP contribution in [0.15, 0.2) is 15.7 Å². The van der Waals surface area contributed by atoms with Gasteiger partial charge in [0.2, 0.25) is 20.0 Å². The maximum atomic E-state index is 12.4. The lowest BCUT2D eigenvalue weighted by Gasteiger charge is -2.20. The van der Waals surface area contributed by atoms with Crippen LogP contribution in [0.1, 0.15) is 5.69 Å². The Morgan fingerprint density at radius 3 is 1.70 bits per heavy atom. The van der Waals surface area contributed by atoms with Crippen molar-refractivity contribution in [2.24, 2.45) is 0 Å². The van der Waals surface area contributed by atoms with Crippen molar-refractivity contribution in [2.45, 2.75) is 20.3 Å². The van der Waals surface area contributed by atoms with Crippen LogP contribution in [-0.4, -0.2) is 61.2 Å². The molecule has 1 heterocycles. The Kier molecular flexibility index (Phi) is 5.57. The zero-order valence-electron chi connectivity index (χ0n) is 13.5. The second-order valence-electron chi connectivity index (χ2n) is 5.27. The summed E-state index contributed by atoms with van der Waals surface area (Å²) in [6.07, 6.45) is 1.93. The molecule has 1 rings (SSSR count). The standard InChI is InChI=1S/C11H20N4O6S2/c1-9-6-10(16)15(8-13(3)23(5,20)21)11(17)14(9)7-12(2)22(4,18)19/h6H,7-8H2,1-5H3. The van der Waals surface area contributed by atoms with Gasteiger partial charge in [-0.15, -0.1) is 0 Å². The predicted octanol–water partition coefficient (Wildman–Crippen LogP) is -1.98. The van der Waals surface area contributed by atoms with E-state index in [0.717, 1.165) is 36.3 Å². The number of aryl methyl sites for hydroxylation is 1. The van der Waals surface area contributed by atoms with E-state index in [4.69, 9.17) is 0 Å². The predicted molar refractivity (Wildman–Crippen MR) is 84.9 cm³/mol. The van der Waals surface area contributed by atoms with Crippen LogP contribution in [0.3, 0.4) is 0 Å². The summed E-state index contributed by atoms with van der Waals surface area (Å²) < 4.78 is 49.4. The summed E-state index contributed by atoms with van der Waals surface area (Å²) in [5.74, 6) is 0. The third kappa shape index (κ3) is 4.73. The number of aromatic nitrogens is 2. The van der Waals surface area contributed by atoms with Gasteiger partial charge in [0.15, 0.2) is 0 Å². The molecular formula is C11H20N4O6S2. The lowest BCUT2D eigenvalue weighted by molar-refractivity contribution is 0.347. The number of rotatable bonds is 6. The van der Waals surface area contributed by atoms with Crippen LogP contribution in [0.25, 0.3) is 0 Å². The second-order valence-corrected chi connectivity index (χ2v) is 9.45. The molecule has 0 amide bonds. The second kappa shape index (κ2) is 6.55. The Bertz CT molecular complexity index is 913. The molecule has 1 aromatic rings. The molecule has 1 aromatic heterocycles. The third-order valence-electron chi connectivity index (χ3n) is 3.30. The maximum absolute atomic E-state index is 12.4. The van der Waals surface area contributed by atoms with Crippen molar-refractivity contribution in [3.63, 3.8) is 0 Å². The minimum atomic E-state index is -3.58. The van der Waals surface area contributed by atoms with Gasteiger partial charge >= 0.3 is 5.69 Å². The molecule has 0 aliphatic heterocycles. The van der Waals surface area contributed by atoms with E-state index in [2.05, 4.69) is 0 Å². The van der Waals surface area contributed by atoms with E-state index in [9.17, 15) is 26.4 Å². The lowest BCUT2D eigenvalue weighted by Crippen LogP contribution is -2.46. The van der Waals surface area contributed by atoms with Gasteiger partial charge in [0.1, 0.15) is 0 Å². The number of hydrogen-bond acceptors (Lipinski definition) is 6. The van der Waals surface area contributed by atoms with Crippen LogP contribution in [0, 0.1) is 6.92 Å². The maximum Gasteiger partial charge on any atom is 0.333 e. The Hall–Kier alpha value is -1.50. The molecule has 0 unspecified atom stereocenters. The average Bonchev–Trinajstić information content (AvgIpc) is 2.36. The van der Waals surface area contributed by atoms with Crippen molar-refractivity contribution < 1.29 is 16.8 Å². The molecule has 0 aliphatic rings. The Morgan fingerprint density at radius 2 is 1.30 bits per heavy atom. The first-order chi connectivity index (χ1) is 10.2. The molecule has 0 saturated heterocycles. The van der Waals surface area contributed by atoms with E-state index in [1.54, 1.807) is 0 Å². The van der Waals surface area contributed by atoms with Crippen molar-refractivity contribution in [1.82, 2.24) is 17.7 Å². The highest BCUT2D eigenvalue weighted by atomic mass is 32.2. The monoisotopic (exact) mass is 368 g/mol. The topological polar surface area (TPSA) is 119 Å². The summed E-state index contributed by atoms with van der Waals surface area (Å²) in [5, 5.41) is 0. The summed E-state index contributed by atoms with van der Waals surface area (Å²) in [4.78, 5) is 24.4. The molecule has 132 valence electrons. The molecule has 0 atom stereocenters. The van der Waals surface area contributed by atoms with Crippen molar-refractivity contribution >= 4 is 20.0 Å². The molecular weight excluding hydrogens is 348 g/mol. The largest absolute Gasteiger partial charge is 0.333 e. The van der Waals surface area contributed by atoms with E-state index in [0.29, 0.717) is 0 Å². The van der Waals surface area contributed by atoms with Crippen LogP contribution < -0.4 is 11.2 Å². The highest BCUT2D eigenvalue weighted by Gasteiger charge is 2.18. The van der Waals surface area contributed by atoms with Gasteiger partial charge in [-0.05, 0) is 6.92 Å². The van der Waals surface area contributed by atoms with Crippen LogP contribution in [-0.2, 0) is 33.4 Å². The molecule has 0 aromatic carbocycles. The van der Waals surface area contributed by atoms with Gasteiger partial charge in [-0.25, -0.2) is 26.2 Å². The fourth-order valence-corrected chi connectivity index (χ4v) is 2.29. The molecule has 0 fully saturated rings. The lowest BCUT2D eigenvalue weighted by atomic mass is 10.4. The summed E-state index contributed by atoms with van der Waals surface area (Å²) in [6, 6.07) is 1.15. The SMILES string of the molecule is Cc1cc(=O)n(CN(C)S(C)(=O)=O)c(=O)n1CN(C)S(C)(=O)=O. The first-order valence-corrected chi connectivity index (χ1v) is 10.1. The Labute approximate surface area is 134 Å². The zero-order valence-corrected chi connectivity index (χ0v) is 15.2.